The molecule has 0 bridgehead atoms. The summed E-state index contributed by atoms with van der Waals surface area (Å²) < 4.78 is 11.4. The van der Waals surface area contributed by atoms with Crippen molar-refractivity contribution in [3.05, 3.63) is 22.7 Å². The zero-order valence-corrected chi connectivity index (χ0v) is 11.8. The summed E-state index contributed by atoms with van der Waals surface area (Å²) in [5, 5.41) is 4.08. The summed E-state index contributed by atoms with van der Waals surface area (Å²) in [4.78, 5) is 0. The lowest BCUT2D eigenvalue weighted by Gasteiger charge is -2.23. The first-order valence-corrected chi connectivity index (χ1v) is 7.49. The summed E-state index contributed by atoms with van der Waals surface area (Å²) >= 11 is 6.32. The molecule has 2 aliphatic heterocycles. The zero-order valence-electron chi connectivity index (χ0n) is 11.1. The van der Waals surface area contributed by atoms with Crippen molar-refractivity contribution in [2.45, 2.75) is 25.7 Å². The Labute approximate surface area is 119 Å². The second-order valence-electron chi connectivity index (χ2n) is 5.35. The van der Waals surface area contributed by atoms with Crippen molar-refractivity contribution in [1.29, 1.82) is 0 Å². The largest absolute Gasteiger partial charge is 0.489 e. The molecule has 0 spiro atoms. The maximum absolute atomic E-state index is 6.32. The van der Waals surface area contributed by atoms with Crippen LogP contribution >= 0.6 is 11.6 Å². The highest BCUT2D eigenvalue weighted by Crippen LogP contribution is 2.38. The number of rotatable bonds is 2. The second kappa shape index (κ2) is 6.02. The van der Waals surface area contributed by atoms with Crippen LogP contribution in [0.4, 0.5) is 0 Å². The van der Waals surface area contributed by atoms with Crippen LogP contribution in [0.25, 0.3) is 0 Å². The standard InChI is InChI=1S/C15H20ClNO2/c16-13-9-12(8-11-2-4-17-5-3-11)10-14-15(13)19-7-1-6-18-14/h9-11,17H,1-8H2. The van der Waals surface area contributed by atoms with Gasteiger partial charge in [0.2, 0.25) is 0 Å². The minimum absolute atomic E-state index is 0.681. The molecular formula is C15H20ClNO2. The van der Waals surface area contributed by atoms with Crippen molar-refractivity contribution in [2.24, 2.45) is 5.92 Å². The Kier molecular flexibility index (Phi) is 4.14. The van der Waals surface area contributed by atoms with Crippen LogP contribution in [0.5, 0.6) is 11.5 Å². The first-order chi connectivity index (χ1) is 9.33. The molecule has 0 radical (unpaired) electrons. The summed E-state index contributed by atoms with van der Waals surface area (Å²) in [7, 11) is 0. The molecule has 1 aromatic carbocycles. The molecular weight excluding hydrogens is 262 g/mol. The van der Waals surface area contributed by atoms with E-state index in [2.05, 4.69) is 11.4 Å². The van der Waals surface area contributed by atoms with E-state index < -0.39 is 0 Å². The molecule has 1 fully saturated rings. The van der Waals surface area contributed by atoms with Crippen molar-refractivity contribution >= 4 is 11.6 Å². The molecule has 0 saturated carbocycles. The van der Waals surface area contributed by atoms with E-state index in [1.807, 2.05) is 6.07 Å². The van der Waals surface area contributed by atoms with Crippen LogP contribution in [-0.4, -0.2) is 26.3 Å². The van der Waals surface area contributed by atoms with Crippen molar-refractivity contribution in [3.63, 3.8) is 0 Å². The van der Waals surface area contributed by atoms with Crippen LogP contribution in [0.2, 0.25) is 5.02 Å². The Morgan fingerprint density at radius 1 is 1.16 bits per heavy atom. The van der Waals surface area contributed by atoms with Crippen LogP contribution in [0.3, 0.4) is 0 Å². The monoisotopic (exact) mass is 281 g/mol. The maximum Gasteiger partial charge on any atom is 0.179 e. The fourth-order valence-electron chi connectivity index (χ4n) is 2.82. The van der Waals surface area contributed by atoms with E-state index in [9.17, 15) is 0 Å². The maximum atomic E-state index is 6.32. The second-order valence-corrected chi connectivity index (χ2v) is 5.76. The Morgan fingerprint density at radius 2 is 1.95 bits per heavy atom. The van der Waals surface area contributed by atoms with Gasteiger partial charge in [-0.3, -0.25) is 0 Å². The summed E-state index contributed by atoms with van der Waals surface area (Å²) in [5.41, 5.74) is 1.26. The summed E-state index contributed by atoms with van der Waals surface area (Å²) in [5.74, 6) is 2.28. The van der Waals surface area contributed by atoms with E-state index in [1.54, 1.807) is 0 Å². The van der Waals surface area contributed by atoms with Gasteiger partial charge in [0, 0.05) is 6.42 Å². The lowest BCUT2D eigenvalue weighted by Crippen LogP contribution is -2.28. The van der Waals surface area contributed by atoms with Gasteiger partial charge in [-0.1, -0.05) is 11.6 Å². The highest BCUT2D eigenvalue weighted by Gasteiger charge is 2.18. The average Bonchev–Trinajstić information content (AvgIpc) is 2.65. The number of fused-ring (bicyclic) bond motifs is 1. The fraction of sp³-hybridized carbons (Fsp3) is 0.600. The SMILES string of the molecule is Clc1cc(CC2CCNCC2)cc2c1OCCCO2. The smallest absolute Gasteiger partial charge is 0.179 e. The molecule has 104 valence electrons. The summed E-state index contributed by atoms with van der Waals surface area (Å²) in [6.45, 7) is 3.65. The number of hydrogen-bond donors (Lipinski definition) is 1. The van der Waals surface area contributed by atoms with E-state index in [-0.39, 0.29) is 0 Å². The number of piperidine rings is 1. The Bertz CT molecular complexity index is 444. The fourth-order valence-corrected chi connectivity index (χ4v) is 3.11. The molecule has 0 aromatic heterocycles. The zero-order chi connectivity index (χ0) is 13.1. The molecule has 2 heterocycles. The van der Waals surface area contributed by atoms with Crippen molar-refractivity contribution in [1.82, 2.24) is 5.32 Å². The summed E-state index contributed by atoms with van der Waals surface area (Å²) in [6.07, 6.45) is 4.48. The average molecular weight is 282 g/mol. The topological polar surface area (TPSA) is 30.5 Å². The first kappa shape index (κ1) is 13.1. The Balaban J connectivity index is 1.78. The van der Waals surface area contributed by atoms with E-state index in [1.165, 1.54) is 18.4 Å². The van der Waals surface area contributed by atoms with Gasteiger partial charge in [-0.05, 0) is 56.0 Å². The number of halogens is 1. The Hall–Kier alpha value is -0.930. The van der Waals surface area contributed by atoms with Crippen LogP contribution < -0.4 is 14.8 Å². The van der Waals surface area contributed by atoms with Gasteiger partial charge >= 0.3 is 0 Å². The molecule has 0 unspecified atom stereocenters. The van der Waals surface area contributed by atoms with Gasteiger partial charge in [0.15, 0.2) is 11.5 Å². The minimum Gasteiger partial charge on any atom is -0.489 e. The van der Waals surface area contributed by atoms with Gasteiger partial charge in [0.1, 0.15) is 0 Å². The van der Waals surface area contributed by atoms with Gasteiger partial charge in [-0.25, -0.2) is 0 Å². The lowest BCUT2D eigenvalue weighted by atomic mass is 9.91. The molecule has 3 rings (SSSR count). The molecule has 0 aliphatic carbocycles. The molecule has 4 heteroatoms. The predicted octanol–water partition coefficient (Wildman–Crippen LogP) is 3.04. The highest BCUT2D eigenvalue weighted by atomic mass is 35.5. The third kappa shape index (κ3) is 3.15. The minimum atomic E-state index is 0.681. The van der Waals surface area contributed by atoms with Crippen LogP contribution in [0.1, 0.15) is 24.8 Å². The number of nitrogens with one attached hydrogen (secondary N) is 1. The van der Waals surface area contributed by atoms with Crippen molar-refractivity contribution < 1.29 is 9.47 Å². The molecule has 19 heavy (non-hydrogen) atoms. The molecule has 1 saturated heterocycles. The highest BCUT2D eigenvalue weighted by molar-refractivity contribution is 6.32. The third-order valence-corrected chi connectivity index (χ3v) is 4.13. The van der Waals surface area contributed by atoms with E-state index in [0.29, 0.717) is 24.0 Å². The number of benzene rings is 1. The molecule has 1 N–H and O–H groups in total. The van der Waals surface area contributed by atoms with Crippen LogP contribution in [0.15, 0.2) is 12.1 Å². The van der Waals surface area contributed by atoms with Crippen molar-refractivity contribution in [2.75, 3.05) is 26.3 Å². The molecule has 2 aliphatic rings. The normalized spacial score (nSPS) is 20.1. The lowest BCUT2D eigenvalue weighted by molar-refractivity contribution is 0.297. The first-order valence-electron chi connectivity index (χ1n) is 7.11. The predicted molar refractivity (Wildman–Crippen MR) is 76.4 cm³/mol. The molecule has 0 amide bonds. The summed E-state index contributed by atoms with van der Waals surface area (Å²) in [6, 6.07) is 4.14. The van der Waals surface area contributed by atoms with Crippen molar-refractivity contribution in [3.8, 4) is 11.5 Å². The van der Waals surface area contributed by atoms with Gasteiger partial charge in [0.25, 0.3) is 0 Å². The van der Waals surface area contributed by atoms with Gasteiger partial charge in [-0.15, -0.1) is 0 Å². The van der Waals surface area contributed by atoms with Gasteiger partial charge < -0.3 is 14.8 Å². The van der Waals surface area contributed by atoms with Crippen LogP contribution in [0, 0.1) is 5.92 Å². The van der Waals surface area contributed by atoms with E-state index >= 15 is 0 Å². The quantitative estimate of drug-likeness (QED) is 0.904. The molecule has 0 atom stereocenters. The Morgan fingerprint density at radius 3 is 2.79 bits per heavy atom. The number of hydrogen-bond acceptors (Lipinski definition) is 3. The number of ether oxygens (including phenoxy) is 2. The van der Waals surface area contributed by atoms with Gasteiger partial charge in [0.05, 0.1) is 18.2 Å². The van der Waals surface area contributed by atoms with E-state index in [4.69, 9.17) is 21.1 Å². The van der Waals surface area contributed by atoms with E-state index in [0.717, 1.165) is 37.6 Å². The van der Waals surface area contributed by atoms with Gasteiger partial charge in [-0.2, -0.15) is 0 Å². The third-order valence-electron chi connectivity index (χ3n) is 3.85. The molecule has 3 nitrogen and oxygen atoms in total. The van der Waals surface area contributed by atoms with Crippen LogP contribution in [-0.2, 0) is 6.42 Å². The molecule has 1 aromatic rings.